The van der Waals surface area contributed by atoms with Crippen LogP contribution in [0, 0.1) is 6.92 Å². The number of hydrogen-bond acceptors (Lipinski definition) is 4. The number of nitrogens with one attached hydrogen (secondary N) is 1. The van der Waals surface area contributed by atoms with Crippen LogP contribution in [0.5, 0.6) is 0 Å². The third-order valence-electron chi connectivity index (χ3n) is 2.17. The summed E-state index contributed by atoms with van der Waals surface area (Å²) in [6, 6.07) is 8.44. The minimum absolute atomic E-state index is 0.408. The van der Waals surface area contributed by atoms with E-state index in [4.69, 9.17) is 0 Å². The molecule has 0 aliphatic carbocycles. The summed E-state index contributed by atoms with van der Waals surface area (Å²) in [6.45, 7) is 6.09. The topological polar surface area (TPSA) is 55.6 Å². The maximum absolute atomic E-state index is 3.93. The highest BCUT2D eigenvalue weighted by atomic mass is 15.5. The molecule has 0 amide bonds. The Balaban J connectivity index is 2.33. The van der Waals surface area contributed by atoms with Gasteiger partial charge in [0.15, 0.2) is 5.82 Å². The van der Waals surface area contributed by atoms with E-state index in [9.17, 15) is 0 Å². The number of aryl methyl sites for hydroxylation is 1. The van der Waals surface area contributed by atoms with Gasteiger partial charge in [-0.1, -0.05) is 6.07 Å². The van der Waals surface area contributed by atoms with Crippen molar-refractivity contribution in [2.45, 2.75) is 26.8 Å². The molecular weight excluding hydrogens is 202 g/mol. The van der Waals surface area contributed by atoms with Gasteiger partial charge in [0.25, 0.3) is 0 Å². The van der Waals surface area contributed by atoms with Crippen LogP contribution in [0.3, 0.4) is 0 Å². The van der Waals surface area contributed by atoms with Gasteiger partial charge in [0, 0.05) is 11.7 Å². The lowest BCUT2D eigenvalue weighted by atomic mass is 10.2. The summed E-state index contributed by atoms with van der Waals surface area (Å²) in [4.78, 5) is 0. The fourth-order valence-electron chi connectivity index (χ4n) is 1.53. The molecule has 2 aromatic rings. The lowest BCUT2D eigenvalue weighted by Gasteiger charge is -2.11. The Morgan fingerprint density at radius 3 is 2.75 bits per heavy atom. The Labute approximate surface area is 94.5 Å². The van der Waals surface area contributed by atoms with Gasteiger partial charge in [-0.3, -0.25) is 0 Å². The largest absolute Gasteiger partial charge is 0.383 e. The number of rotatable bonds is 3. The first-order chi connectivity index (χ1) is 7.66. The minimum atomic E-state index is 0.408. The SMILES string of the molecule is Cc1nnnn1-c1cccc(NC(C)C)c1. The van der Waals surface area contributed by atoms with E-state index in [-0.39, 0.29) is 0 Å². The Morgan fingerprint density at radius 2 is 2.12 bits per heavy atom. The molecule has 0 saturated carbocycles. The standard InChI is InChI=1S/C11H15N5/c1-8(2)12-10-5-4-6-11(7-10)16-9(3)13-14-15-16/h4-8,12H,1-3H3. The molecule has 0 radical (unpaired) electrons. The van der Waals surface area contributed by atoms with E-state index >= 15 is 0 Å². The number of hydrogen-bond donors (Lipinski definition) is 1. The zero-order valence-electron chi connectivity index (χ0n) is 9.68. The monoisotopic (exact) mass is 217 g/mol. The fourth-order valence-corrected chi connectivity index (χ4v) is 1.53. The first-order valence-electron chi connectivity index (χ1n) is 5.29. The van der Waals surface area contributed by atoms with E-state index in [2.05, 4.69) is 34.7 Å². The van der Waals surface area contributed by atoms with Crippen molar-refractivity contribution in [1.82, 2.24) is 20.2 Å². The lowest BCUT2D eigenvalue weighted by molar-refractivity contribution is 0.779. The van der Waals surface area contributed by atoms with Crippen molar-refractivity contribution in [2.24, 2.45) is 0 Å². The molecule has 0 aliphatic rings. The number of aromatic nitrogens is 4. The number of tetrazole rings is 1. The zero-order valence-corrected chi connectivity index (χ0v) is 9.68. The molecule has 1 heterocycles. The van der Waals surface area contributed by atoms with Crippen molar-refractivity contribution >= 4 is 5.69 Å². The van der Waals surface area contributed by atoms with Crippen molar-refractivity contribution < 1.29 is 0 Å². The van der Waals surface area contributed by atoms with Crippen LogP contribution in [0.25, 0.3) is 5.69 Å². The van der Waals surface area contributed by atoms with Gasteiger partial charge in [0.05, 0.1) is 5.69 Å². The summed E-state index contributed by atoms with van der Waals surface area (Å²) in [6.07, 6.45) is 0. The average molecular weight is 217 g/mol. The number of nitrogens with zero attached hydrogens (tertiary/aromatic N) is 4. The van der Waals surface area contributed by atoms with Crippen molar-refractivity contribution in [3.05, 3.63) is 30.1 Å². The maximum atomic E-state index is 3.93. The Morgan fingerprint density at radius 1 is 1.31 bits per heavy atom. The number of anilines is 1. The van der Waals surface area contributed by atoms with E-state index in [0.717, 1.165) is 17.2 Å². The summed E-state index contributed by atoms with van der Waals surface area (Å²) in [5.74, 6) is 0.779. The number of benzene rings is 1. The van der Waals surface area contributed by atoms with Gasteiger partial charge in [-0.05, 0) is 49.4 Å². The van der Waals surface area contributed by atoms with Gasteiger partial charge in [-0.15, -0.1) is 5.10 Å². The molecule has 1 N–H and O–H groups in total. The molecule has 5 heteroatoms. The molecule has 0 bridgehead atoms. The fraction of sp³-hybridized carbons (Fsp3) is 0.364. The summed E-state index contributed by atoms with van der Waals surface area (Å²) >= 11 is 0. The zero-order chi connectivity index (χ0) is 11.5. The first kappa shape index (κ1) is 10.6. The van der Waals surface area contributed by atoms with Crippen LogP contribution in [0.4, 0.5) is 5.69 Å². The molecule has 0 atom stereocenters. The predicted octanol–water partition coefficient (Wildman–Crippen LogP) is 1.79. The van der Waals surface area contributed by atoms with Crippen molar-refractivity contribution in [3.63, 3.8) is 0 Å². The van der Waals surface area contributed by atoms with Crippen molar-refractivity contribution in [2.75, 3.05) is 5.32 Å². The molecule has 16 heavy (non-hydrogen) atoms. The van der Waals surface area contributed by atoms with Crippen molar-refractivity contribution in [3.8, 4) is 5.69 Å². The van der Waals surface area contributed by atoms with E-state index in [1.807, 2.05) is 31.2 Å². The second-order valence-corrected chi connectivity index (χ2v) is 3.99. The Bertz CT molecular complexity index is 475. The normalized spacial score (nSPS) is 10.8. The van der Waals surface area contributed by atoms with E-state index in [1.165, 1.54) is 0 Å². The molecule has 0 unspecified atom stereocenters. The van der Waals surface area contributed by atoms with Crippen LogP contribution in [0.2, 0.25) is 0 Å². The quantitative estimate of drug-likeness (QED) is 0.851. The van der Waals surface area contributed by atoms with Gasteiger partial charge in [0.1, 0.15) is 0 Å². The molecule has 1 aromatic heterocycles. The van der Waals surface area contributed by atoms with E-state index in [1.54, 1.807) is 4.68 Å². The molecular formula is C11H15N5. The molecule has 0 spiro atoms. The van der Waals surface area contributed by atoms with Crippen LogP contribution in [0.15, 0.2) is 24.3 Å². The van der Waals surface area contributed by atoms with Crippen molar-refractivity contribution in [1.29, 1.82) is 0 Å². The van der Waals surface area contributed by atoms with Gasteiger partial charge in [-0.2, -0.15) is 4.68 Å². The molecule has 5 nitrogen and oxygen atoms in total. The average Bonchev–Trinajstić information content (AvgIpc) is 2.64. The van der Waals surface area contributed by atoms with Gasteiger partial charge in [0.2, 0.25) is 0 Å². The van der Waals surface area contributed by atoms with Gasteiger partial charge < -0.3 is 5.32 Å². The molecule has 2 rings (SSSR count). The smallest absolute Gasteiger partial charge is 0.153 e. The molecule has 0 aliphatic heterocycles. The van der Waals surface area contributed by atoms with Crippen LogP contribution < -0.4 is 5.32 Å². The van der Waals surface area contributed by atoms with E-state index < -0.39 is 0 Å². The van der Waals surface area contributed by atoms with Gasteiger partial charge >= 0.3 is 0 Å². The second kappa shape index (κ2) is 4.30. The Hall–Kier alpha value is -1.91. The highest BCUT2D eigenvalue weighted by molar-refractivity contribution is 5.51. The predicted molar refractivity (Wildman–Crippen MR) is 62.6 cm³/mol. The molecule has 1 aromatic carbocycles. The first-order valence-corrected chi connectivity index (χ1v) is 5.29. The summed E-state index contributed by atoms with van der Waals surface area (Å²) in [5, 5.41) is 14.8. The van der Waals surface area contributed by atoms with Gasteiger partial charge in [-0.25, -0.2) is 0 Å². The lowest BCUT2D eigenvalue weighted by Crippen LogP contribution is -2.10. The van der Waals surface area contributed by atoms with Crippen LogP contribution >= 0.6 is 0 Å². The third-order valence-corrected chi connectivity index (χ3v) is 2.17. The molecule has 0 saturated heterocycles. The summed E-state index contributed by atoms with van der Waals surface area (Å²) in [7, 11) is 0. The minimum Gasteiger partial charge on any atom is -0.383 e. The molecule has 0 fully saturated rings. The second-order valence-electron chi connectivity index (χ2n) is 3.99. The Kier molecular flexibility index (Phi) is 2.85. The summed E-state index contributed by atoms with van der Waals surface area (Å²) < 4.78 is 1.71. The third kappa shape index (κ3) is 2.18. The summed E-state index contributed by atoms with van der Waals surface area (Å²) in [5.41, 5.74) is 2.04. The van der Waals surface area contributed by atoms with Crippen LogP contribution in [-0.4, -0.2) is 26.2 Å². The van der Waals surface area contributed by atoms with Crippen LogP contribution in [0.1, 0.15) is 19.7 Å². The highest BCUT2D eigenvalue weighted by Crippen LogP contribution is 2.15. The molecule has 84 valence electrons. The van der Waals surface area contributed by atoms with E-state index in [0.29, 0.717) is 6.04 Å². The maximum Gasteiger partial charge on any atom is 0.153 e. The highest BCUT2D eigenvalue weighted by Gasteiger charge is 2.04. The van der Waals surface area contributed by atoms with Crippen LogP contribution in [-0.2, 0) is 0 Å².